The second-order valence-electron chi connectivity index (χ2n) is 3.89. The summed E-state index contributed by atoms with van der Waals surface area (Å²) < 4.78 is 10.5. The van der Waals surface area contributed by atoms with Gasteiger partial charge in [-0.2, -0.15) is 0 Å². The van der Waals surface area contributed by atoms with E-state index in [4.69, 9.17) is 9.47 Å². The number of ether oxygens (including phenoxy) is 2. The van der Waals surface area contributed by atoms with Crippen molar-refractivity contribution in [3.05, 3.63) is 17.7 Å². The summed E-state index contributed by atoms with van der Waals surface area (Å²) in [6.07, 6.45) is 0. The van der Waals surface area contributed by atoms with E-state index in [-0.39, 0.29) is 11.9 Å². The molecule has 0 aromatic heterocycles. The first-order chi connectivity index (χ1) is 8.13. The number of carbonyl (C=O) groups is 1. The lowest BCUT2D eigenvalue weighted by Gasteiger charge is -2.14. The molecule has 1 amide bonds. The van der Waals surface area contributed by atoms with Crippen LogP contribution in [-0.4, -0.2) is 34.2 Å². The molecule has 1 atom stereocenters. The van der Waals surface area contributed by atoms with Gasteiger partial charge in [-0.3, -0.25) is 4.79 Å². The number of likely N-dealkylation sites (N-methyl/N-ethyl adjacent to an activating group) is 2. The average Bonchev–Trinajstić information content (AvgIpc) is 2.60. The zero-order valence-electron chi connectivity index (χ0n) is 10.4. The molecule has 0 radical (unpaired) electrons. The second-order valence-corrected chi connectivity index (χ2v) is 3.89. The minimum Gasteiger partial charge on any atom is -0.497 e. The smallest absolute Gasteiger partial charge is 0.248 e. The minimum atomic E-state index is -0.334. The Balaban J connectivity index is 2.63. The van der Waals surface area contributed by atoms with Crippen LogP contribution in [0.2, 0.25) is 0 Å². The van der Waals surface area contributed by atoms with Gasteiger partial charge in [-0.1, -0.05) is 0 Å². The van der Waals surface area contributed by atoms with Crippen LogP contribution in [0.25, 0.3) is 0 Å². The third kappa shape index (κ3) is 1.63. The fourth-order valence-corrected chi connectivity index (χ4v) is 2.17. The summed E-state index contributed by atoms with van der Waals surface area (Å²) in [6, 6.07) is 3.31. The number of hydrogen-bond donors (Lipinski definition) is 1. The molecule has 0 aliphatic carbocycles. The van der Waals surface area contributed by atoms with Crippen molar-refractivity contribution in [2.75, 3.05) is 33.2 Å². The molecular formula is C12H16N2O3. The van der Waals surface area contributed by atoms with Crippen LogP contribution in [0.3, 0.4) is 0 Å². The lowest BCUT2D eigenvalue weighted by Crippen LogP contribution is -2.30. The van der Waals surface area contributed by atoms with E-state index in [9.17, 15) is 4.79 Å². The molecule has 0 saturated carbocycles. The summed E-state index contributed by atoms with van der Waals surface area (Å²) in [5.41, 5.74) is 1.69. The SMILES string of the molecule is CNC1C(=O)N(C)c2c(OC)cc(OC)cc21. The van der Waals surface area contributed by atoms with Crippen molar-refractivity contribution in [3.8, 4) is 11.5 Å². The molecule has 17 heavy (non-hydrogen) atoms. The molecular weight excluding hydrogens is 220 g/mol. The third-order valence-electron chi connectivity index (χ3n) is 3.05. The Bertz CT molecular complexity index is 459. The minimum absolute atomic E-state index is 0.00838. The highest BCUT2D eigenvalue weighted by Gasteiger charge is 2.37. The highest BCUT2D eigenvalue weighted by molar-refractivity contribution is 6.06. The Kier molecular flexibility index (Phi) is 2.93. The highest BCUT2D eigenvalue weighted by atomic mass is 16.5. The number of methoxy groups -OCH3 is 2. The highest BCUT2D eigenvalue weighted by Crippen LogP contribution is 2.44. The molecule has 0 bridgehead atoms. The van der Waals surface area contributed by atoms with Crippen LogP contribution in [0, 0.1) is 0 Å². The molecule has 0 saturated heterocycles. The first-order valence-corrected chi connectivity index (χ1v) is 5.34. The van der Waals surface area contributed by atoms with Crippen LogP contribution in [-0.2, 0) is 4.79 Å². The van der Waals surface area contributed by atoms with Crippen molar-refractivity contribution in [1.29, 1.82) is 0 Å². The predicted molar refractivity (Wildman–Crippen MR) is 64.8 cm³/mol. The largest absolute Gasteiger partial charge is 0.497 e. The number of carbonyl (C=O) groups excluding carboxylic acids is 1. The average molecular weight is 236 g/mol. The monoisotopic (exact) mass is 236 g/mol. The molecule has 0 fully saturated rings. The summed E-state index contributed by atoms with van der Waals surface area (Å²) in [5.74, 6) is 1.34. The van der Waals surface area contributed by atoms with Gasteiger partial charge in [0.05, 0.1) is 19.9 Å². The maximum absolute atomic E-state index is 12.0. The Labute approximate surface area is 100 Å². The summed E-state index contributed by atoms with van der Waals surface area (Å²) in [4.78, 5) is 13.6. The van der Waals surface area contributed by atoms with Gasteiger partial charge >= 0.3 is 0 Å². The molecule has 1 aromatic carbocycles. The molecule has 2 rings (SSSR count). The topological polar surface area (TPSA) is 50.8 Å². The van der Waals surface area contributed by atoms with Gasteiger partial charge in [0.15, 0.2) is 0 Å². The van der Waals surface area contributed by atoms with E-state index < -0.39 is 0 Å². The van der Waals surface area contributed by atoms with E-state index in [1.54, 1.807) is 39.3 Å². The number of nitrogens with one attached hydrogen (secondary N) is 1. The zero-order valence-corrected chi connectivity index (χ0v) is 10.4. The standard InChI is InChI=1S/C12H16N2O3/c1-13-10-8-5-7(16-3)6-9(17-4)11(8)14(2)12(10)15/h5-6,10,13H,1-4H3. The molecule has 0 spiro atoms. The number of anilines is 1. The van der Waals surface area contributed by atoms with Gasteiger partial charge in [0.25, 0.3) is 0 Å². The van der Waals surface area contributed by atoms with E-state index in [1.165, 1.54) is 0 Å². The fraction of sp³-hybridized carbons (Fsp3) is 0.417. The molecule has 1 heterocycles. The summed E-state index contributed by atoms with van der Waals surface area (Å²) in [7, 11) is 6.68. The van der Waals surface area contributed by atoms with Gasteiger partial charge in [-0.25, -0.2) is 0 Å². The lowest BCUT2D eigenvalue weighted by molar-refractivity contribution is -0.119. The normalized spacial score (nSPS) is 18.2. The Hall–Kier alpha value is -1.75. The number of amides is 1. The van der Waals surface area contributed by atoms with Crippen molar-refractivity contribution in [3.63, 3.8) is 0 Å². The lowest BCUT2D eigenvalue weighted by atomic mass is 10.1. The first kappa shape index (κ1) is 11.7. The number of hydrogen-bond acceptors (Lipinski definition) is 4. The summed E-state index contributed by atoms with van der Waals surface area (Å²) >= 11 is 0. The number of nitrogens with zero attached hydrogens (tertiary/aromatic N) is 1. The quantitative estimate of drug-likeness (QED) is 0.848. The van der Waals surface area contributed by atoms with Crippen molar-refractivity contribution < 1.29 is 14.3 Å². The summed E-state index contributed by atoms with van der Waals surface area (Å²) in [6.45, 7) is 0. The fourth-order valence-electron chi connectivity index (χ4n) is 2.17. The molecule has 1 unspecified atom stereocenters. The van der Waals surface area contributed by atoms with Crippen LogP contribution < -0.4 is 19.7 Å². The Morgan fingerprint density at radius 1 is 1.29 bits per heavy atom. The van der Waals surface area contributed by atoms with Gasteiger partial charge in [-0.05, 0) is 13.1 Å². The van der Waals surface area contributed by atoms with Crippen molar-refractivity contribution in [1.82, 2.24) is 5.32 Å². The van der Waals surface area contributed by atoms with Crippen LogP contribution in [0.5, 0.6) is 11.5 Å². The van der Waals surface area contributed by atoms with Crippen LogP contribution >= 0.6 is 0 Å². The molecule has 5 heteroatoms. The van der Waals surface area contributed by atoms with Gasteiger partial charge in [0, 0.05) is 18.7 Å². The Morgan fingerprint density at radius 3 is 2.53 bits per heavy atom. The van der Waals surface area contributed by atoms with E-state index in [0.717, 1.165) is 11.3 Å². The van der Waals surface area contributed by atoms with Crippen molar-refractivity contribution >= 4 is 11.6 Å². The van der Waals surface area contributed by atoms with Crippen LogP contribution in [0.1, 0.15) is 11.6 Å². The van der Waals surface area contributed by atoms with Gasteiger partial charge in [0.1, 0.15) is 17.5 Å². The predicted octanol–water partition coefficient (Wildman–Crippen LogP) is 0.941. The third-order valence-corrected chi connectivity index (χ3v) is 3.05. The molecule has 1 aliphatic heterocycles. The Morgan fingerprint density at radius 2 is 2.00 bits per heavy atom. The molecule has 1 aliphatic rings. The molecule has 1 aromatic rings. The molecule has 5 nitrogen and oxygen atoms in total. The maximum Gasteiger partial charge on any atom is 0.248 e. The number of fused-ring (bicyclic) bond motifs is 1. The second kappa shape index (κ2) is 4.25. The van der Waals surface area contributed by atoms with Crippen LogP contribution in [0.4, 0.5) is 5.69 Å². The number of rotatable bonds is 3. The number of benzene rings is 1. The van der Waals surface area contributed by atoms with Gasteiger partial charge in [-0.15, -0.1) is 0 Å². The maximum atomic E-state index is 12.0. The summed E-state index contributed by atoms with van der Waals surface area (Å²) in [5, 5.41) is 3.00. The van der Waals surface area contributed by atoms with E-state index >= 15 is 0 Å². The van der Waals surface area contributed by atoms with E-state index in [0.29, 0.717) is 11.5 Å². The molecule has 92 valence electrons. The van der Waals surface area contributed by atoms with E-state index in [1.807, 2.05) is 6.07 Å². The van der Waals surface area contributed by atoms with Crippen molar-refractivity contribution in [2.45, 2.75) is 6.04 Å². The van der Waals surface area contributed by atoms with Gasteiger partial charge in [0.2, 0.25) is 5.91 Å². The van der Waals surface area contributed by atoms with E-state index in [2.05, 4.69) is 5.32 Å². The van der Waals surface area contributed by atoms with Gasteiger partial charge < -0.3 is 19.7 Å². The van der Waals surface area contributed by atoms with Crippen LogP contribution in [0.15, 0.2) is 12.1 Å². The first-order valence-electron chi connectivity index (χ1n) is 5.34. The zero-order chi connectivity index (χ0) is 12.6. The van der Waals surface area contributed by atoms with Crippen molar-refractivity contribution in [2.24, 2.45) is 0 Å². The molecule has 1 N–H and O–H groups in total.